The summed E-state index contributed by atoms with van der Waals surface area (Å²) >= 11 is 3.85. The molecule has 0 fully saturated rings. The van der Waals surface area contributed by atoms with Gasteiger partial charge in [-0.2, -0.15) is 0 Å². The Morgan fingerprint density at radius 2 is 0.967 bits per heavy atom. The van der Waals surface area contributed by atoms with Gasteiger partial charge in [-0.05, 0) is 52.4 Å². The summed E-state index contributed by atoms with van der Waals surface area (Å²) in [6.07, 6.45) is 0. The number of hydrogen-bond donors (Lipinski definition) is 0. The predicted octanol–water partition coefficient (Wildman–Crippen LogP) is 8.15. The molecule has 3 aromatic rings. The van der Waals surface area contributed by atoms with Crippen LogP contribution in [0, 0.1) is 6.92 Å². The minimum absolute atomic E-state index is 0.0333. The number of para-hydroxylation sites is 1. The van der Waals surface area contributed by atoms with Crippen molar-refractivity contribution in [2.45, 2.75) is 64.7 Å². The molecule has 3 aliphatic heterocycles. The van der Waals surface area contributed by atoms with Gasteiger partial charge in [0.25, 0.3) is 0 Å². The topological polar surface area (TPSA) is 3.24 Å². The molecule has 30 heavy (non-hydrogen) atoms. The number of hydrogen-bond acceptors (Lipinski definition) is 1. The van der Waals surface area contributed by atoms with Gasteiger partial charge < -0.3 is 4.90 Å². The minimum Gasteiger partial charge on any atom is -0.309 e. The molecule has 3 heterocycles. The van der Waals surface area contributed by atoms with E-state index in [0.717, 1.165) is 0 Å². The Morgan fingerprint density at radius 3 is 1.43 bits per heavy atom. The van der Waals surface area contributed by atoms with Gasteiger partial charge in [0.05, 0.1) is 17.1 Å². The maximum atomic E-state index is 3.85. The van der Waals surface area contributed by atoms with Crippen LogP contribution in [0.3, 0.4) is 0 Å². The fourth-order valence-electron chi connectivity index (χ4n) is 6.33. The highest BCUT2D eigenvalue weighted by Crippen LogP contribution is 2.66. The fraction of sp³-hybridized carbons (Fsp3) is 0.357. The Bertz CT molecular complexity index is 1200. The fourth-order valence-corrected chi connectivity index (χ4v) is 6.79. The lowest BCUT2D eigenvalue weighted by Crippen LogP contribution is -2.43. The molecule has 0 aliphatic carbocycles. The van der Waals surface area contributed by atoms with Gasteiger partial charge in [-0.25, -0.2) is 0 Å². The number of aryl methyl sites for hydroxylation is 1. The lowest BCUT2D eigenvalue weighted by Gasteiger charge is -2.55. The molecular formula is C28H28BrN. The number of nitrogens with zero attached hydrogens (tertiary/aromatic N) is 1. The smallest absolute Gasteiger partial charge is 0.0544 e. The molecule has 0 radical (unpaired) electrons. The zero-order valence-corrected chi connectivity index (χ0v) is 20.5. The monoisotopic (exact) mass is 457 g/mol. The number of halogens is 1. The Hall–Kier alpha value is -2.06. The summed E-state index contributed by atoms with van der Waals surface area (Å²) in [7, 11) is 0. The van der Waals surface area contributed by atoms with E-state index >= 15 is 0 Å². The van der Waals surface area contributed by atoms with E-state index in [-0.39, 0.29) is 16.2 Å². The third-order valence-electron chi connectivity index (χ3n) is 8.08. The molecule has 2 heteroatoms. The average Bonchev–Trinajstić information content (AvgIpc) is 2.66. The average molecular weight is 458 g/mol. The number of anilines is 3. The van der Waals surface area contributed by atoms with Crippen molar-refractivity contribution in [2.75, 3.05) is 4.90 Å². The van der Waals surface area contributed by atoms with E-state index in [0.29, 0.717) is 0 Å². The van der Waals surface area contributed by atoms with Crippen LogP contribution in [-0.2, 0) is 16.2 Å². The lowest BCUT2D eigenvalue weighted by atomic mass is 9.60. The Morgan fingerprint density at radius 1 is 0.600 bits per heavy atom. The standard InChI is InChI=1S/C28H28BrN/c1-15-11-19-24-20(12-15)28(6,7)22-14-16(29)13-21-25(22)30(24)23-17(26(19,2)3)9-8-10-18(23)27(21,4)5/h8-14H,1-7H3. The van der Waals surface area contributed by atoms with Crippen LogP contribution in [-0.4, -0.2) is 0 Å². The van der Waals surface area contributed by atoms with Gasteiger partial charge in [0, 0.05) is 20.7 Å². The summed E-state index contributed by atoms with van der Waals surface area (Å²) in [6, 6.07) is 16.5. The highest BCUT2D eigenvalue weighted by Gasteiger charge is 2.51. The maximum absolute atomic E-state index is 3.85. The van der Waals surface area contributed by atoms with Crippen LogP contribution >= 0.6 is 15.9 Å². The first-order chi connectivity index (χ1) is 14.0. The van der Waals surface area contributed by atoms with Gasteiger partial charge >= 0.3 is 0 Å². The molecule has 0 saturated heterocycles. The summed E-state index contributed by atoms with van der Waals surface area (Å²) in [4.78, 5) is 2.62. The molecule has 0 N–H and O–H groups in total. The van der Waals surface area contributed by atoms with Crippen molar-refractivity contribution in [1.82, 2.24) is 0 Å². The highest BCUT2D eigenvalue weighted by atomic mass is 79.9. The van der Waals surface area contributed by atoms with Gasteiger partial charge in [-0.1, -0.05) is 93.4 Å². The van der Waals surface area contributed by atoms with E-state index in [1.54, 1.807) is 0 Å². The minimum atomic E-state index is -0.0591. The van der Waals surface area contributed by atoms with Crippen molar-refractivity contribution in [3.63, 3.8) is 0 Å². The summed E-state index contributed by atoms with van der Waals surface area (Å²) < 4.78 is 1.17. The zero-order valence-electron chi connectivity index (χ0n) is 18.9. The second-order valence-electron chi connectivity index (χ2n) is 11.0. The van der Waals surface area contributed by atoms with Crippen molar-refractivity contribution < 1.29 is 0 Å². The third kappa shape index (κ3) is 1.91. The highest BCUT2D eigenvalue weighted by molar-refractivity contribution is 9.10. The molecule has 3 aliphatic rings. The third-order valence-corrected chi connectivity index (χ3v) is 8.53. The van der Waals surface area contributed by atoms with Crippen LogP contribution in [0.5, 0.6) is 0 Å². The van der Waals surface area contributed by atoms with E-state index in [2.05, 4.69) is 112 Å². The van der Waals surface area contributed by atoms with Crippen molar-refractivity contribution >= 4 is 33.0 Å². The van der Waals surface area contributed by atoms with Crippen molar-refractivity contribution in [2.24, 2.45) is 0 Å². The van der Waals surface area contributed by atoms with E-state index in [9.17, 15) is 0 Å². The van der Waals surface area contributed by atoms with E-state index in [1.807, 2.05) is 0 Å². The molecule has 0 spiro atoms. The van der Waals surface area contributed by atoms with E-state index < -0.39 is 0 Å². The predicted molar refractivity (Wildman–Crippen MR) is 130 cm³/mol. The Labute approximate surface area is 188 Å². The maximum Gasteiger partial charge on any atom is 0.0544 e. The van der Waals surface area contributed by atoms with E-state index in [1.165, 1.54) is 60.5 Å². The first kappa shape index (κ1) is 18.7. The van der Waals surface area contributed by atoms with Crippen molar-refractivity contribution in [3.8, 4) is 0 Å². The molecular weight excluding hydrogens is 430 g/mol. The van der Waals surface area contributed by atoms with Crippen LogP contribution in [0.1, 0.15) is 80.5 Å². The zero-order chi connectivity index (χ0) is 21.4. The van der Waals surface area contributed by atoms with Crippen LogP contribution in [0.2, 0.25) is 0 Å². The Kier molecular flexibility index (Phi) is 3.25. The van der Waals surface area contributed by atoms with Crippen LogP contribution < -0.4 is 4.90 Å². The quantitative estimate of drug-likeness (QED) is 0.329. The molecule has 0 bridgehead atoms. The Balaban J connectivity index is 1.90. The second-order valence-corrected chi connectivity index (χ2v) is 11.9. The van der Waals surface area contributed by atoms with Gasteiger partial charge in [0.1, 0.15) is 0 Å². The summed E-state index contributed by atoms with van der Waals surface area (Å²) in [5, 5.41) is 0. The summed E-state index contributed by atoms with van der Waals surface area (Å²) in [5.41, 5.74) is 14.0. The first-order valence-electron chi connectivity index (χ1n) is 10.9. The summed E-state index contributed by atoms with van der Waals surface area (Å²) in [6.45, 7) is 16.6. The van der Waals surface area contributed by atoms with Gasteiger partial charge in [-0.3, -0.25) is 0 Å². The largest absolute Gasteiger partial charge is 0.309 e. The molecule has 0 atom stereocenters. The van der Waals surface area contributed by atoms with Crippen molar-refractivity contribution in [1.29, 1.82) is 0 Å². The molecule has 0 aromatic heterocycles. The van der Waals surface area contributed by atoms with Crippen LogP contribution in [0.25, 0.3) is 0 Å². The van der Waals surface area contributed by atoms with Gasteiger partial charge in [0.2, 0.25) is 0 Å². The molecule has 3 aromatic carbocycles. The molecule has 6 rings (SSSR count). The first-order valence-corrected chi connectivity index (χ1v) is 11.7. The molecule has 0 amide bonds. The molecule has 1 nitrogen and oxygen atoms in total. The van der Waals surface area contributed by atoms with Gasteiger partial charge in [0.15, 0.2) is 0 Å². The molecule has 0 saturated carbocycles. The van der Waals surface area contributed by atoms with Crippen molar-refractivity contribution in [3.05, 3.63) is 85.9 Å². The van der Waals surface area contributed by atoms with E-state index in [4.69, 9.17) is 0 Å². The normalized spacial score (nSPS) is 20.1. The van der Waals surface area contributed by atoms with Gasteiger partial charge in [-0.15, -0.1) is 0 Å². The SMILES string of the molecule is Cc1cc2c3c(c1)C(C)(C)c1cc(Br)cc4c1N3c1c(cccc1C4(C)C)C2(C)C. The van der Waals surface area contributed by atoms with Crippen LogP contribution in [0.15, 0.2) is 46.9 Å². The number of rotatable bonds is 0. The molecule has 0 unspecified atom stereocenters. The molecule has 152 valence electrons. The van der Waals surface area contributed by atoms with Crippen LogP contribution in [0.4, 0.5) is 17.1 Å². The number of benzene rings is 3. The summed E-state index contributed by atoms with van der Waals surface area (Å²) in [5.74, 6) is 0. The second kappa shape index (κ2) is 5.22. The lowest BCUT2D eigenvalue weighted by molar-refractivity contribution is 0.565.